The van der Waals surface area contributed by atoms with Crippen LogP contribution < -0.4 is 0 Å². The Balaban J connectivity index is 1.29. The molecule has 0 unspecified atom stereocenters. The van der Waals surface area contributed by atoms with Crippen molar-refractivity contribution in [2.45, 2.75) is 6.92 Å². The fourth-order valence-electron chi connectivity index (χ4n) is 6.47. The van der Waals surface area contributed by atoms with Crippen molar-refractivity contribution in [2.24, 2.45) is 0 Å². The number of hydrogen-bond donors (Lipinski definition) is 0. The molecule has 0 spiro atoms. The fourth-order valence-corrected chi connectivity index (χ4v) is 6.47. The van der Waals surface area contributed by atoms with Crippen LogP contribution in [0.15, 0.2) is 170 Å². The van der Waals surface area contributed by atoms with Crippen LogP contribution in [0.3, 0.4) is 0 Å². The summed E-state index contributed by atoms with van der Waals surface area (Å²) in [7, 11) is 0. The van der Waals surface area contributed by atoms with E-state index in [2.05, 4.69) is 181 Å². The van der Waals surface area contributed by atoms with E-state index >= 15 is 0 Å². The predicted molar refractivity (Wildman–Crippen MR) is 187 cm³/mol. The van der Waals surface area contributed by atoms with Gasteiger partial charge in [-0.05, 0) is 81.8 Å². The van der Waals surface area contributed by atoms with Gasteiger partial charge in [-0.2, -0.15) is 0 Å². The van der Waals surface area contributed by atoms with Crippen LogP contribution >= 0.6 is 0 Å². The van der Waals surface area contributed by atoms with E-state index < -0.39 is 0 Å². The molecule has 0 N–H and O–H groups in total. The molecule has 7 aromatic carbocycles. The molecule has 0 aliphatic carbocycles. The van der Waals surface area contributed by atoms with Crippen molar-refractivity contribution < 1.29 is 0 Å². The Morgan fingerprint density at radius 2 is 0.909 bits per heavy atom. The molecule has 8 aromatic rings. The molecule has 1 nitrogen and oxygen atoms in total. The van der Waals surface area contributed by atoms with Crippen LogP contribution in [-0.4, -0.2) is 4.57 Å². The molecule has 1 heteroatoms. The van der Waals surface area contributed by atoms with Crippen LogP contribution in [0.5, 0.6) is 0 Å². The van der Waals surface area contributed by atoms with Crippen LogP contribution in [0.4, 0.5) is 0 Å². The highest BCUT2D eigenvalue weighted by Gasteiger charge is 2.15. The summed E-state index contributed by atoms with van der Waals surface area (Å²) in [6.45, 7) is 2.14. The number of para-hydroxylation sites is 1. The Morgan fingerprint density at radius 3 is 1.70 bits per heavy atom. The highest BCUT2D eigenvalue weighted by molar-refractivity contribution is 6.10. The lowest BCUT2D eigenvalue weighted by Crippen LogP contribution is -1.95. The van der Waals surface area contributed by atoms with Gasteiger partial charge in [-0.15, -0.1) is 0 Å². The minimum atomic E-state index is 1.16. The predicted octanol–water partition coefficient (Wildman–Crippen LogP) is 11.8. The first-order valence-electron chi connectivity index (χ1n) is 15.2. The van der Waals surface area contributed by atoms with Crippen molar-refractivity contribution in [3.8, 4) is 50.2 Å². The minimum Gasteiger partial charge on any atom is -0.309 e. The van der Waals surface area contributed by atoms with Crippen molar-refractivity contribution in [2.75, 3.05) is 0 Å². The Hall–Kier alpha value is -5.66. The van der Waals surface area contributed by atoms with Gasteiger partial charge in [-0.25, -0.2) is 0 Å². The van der Waals surface area contributed by atoms with Gasteiger partial charge >= 0.3 is 0 Å². The van der Waals surface area contributed by atoms with E-state index in [1.54, 1.807) is 0 Å². The minimum absolute atomic E-state index is 1.16. The SMILES string of the molecule is Cc1ccc(-c2ccccc2-c2ccc3c4ccccc4n(-c4cccc(-c5cccc(-c6ccccc6)c5)c4)c3c2)cc1. The van der Waals surface area contributed by atoms with E-state index in [-0.39, 0.29) is 0 Å². The standard InChI is InChI=1S/C43H31N/c1-30-21-23-32(24-22-30)38-17-5-6-18-39(38)36-25-26-41-40-19-7-8-20-42(40)44(43(41)29-36)37-16-10-15-35(28-37)34-14-9-13-33(27-34)31-11-3-2-4-12-31/h2-29H,1H3. The van der Waals surface area contributed by atoms with Gasteiger partial charge in [0.05, 0.1) is 11.0 Å². The van der Waals surface area contributed by atoms with Crippen LogP contribution in [0.2, 0.25) is 0 Å². The average Bonchev–Trinajstić information content (AvgIpc) is 3.43. The third kappa shape index (κ3) is 4.60. The molecular weight excluding hydrogens is 530 g/mol. The average molecular weight is 562 g/mol. The number of aryl methyl sites for hydroxylation is 1. The number of fused-ring (bicyclic) bond motifs is 3. The monoisotopic (exact) mass is 561 g/mol. The van der Waals surface area contributed by atoms with Crippen LogP contribution in [0, 0.1) is 6.92 Å². The zero-order valence-corrected chi connectivity index (χ0v) is 24.6. The molecule has 0 saturated carbocycles. The number of benzene rings is 7. The maximum atomic E-state index is 2.42. The van der Waals surface area contributed by atoms with Gasteiger partial charge in [0.15, 0.2) is 0 Å². The molecule has 208 valence electrons. The second-order valence-electron chi connectivity index (χ2n) is 11.5. The molecule has 0 aliphatic heterocycles. The van der Waals surface area contributed by atoms with Crippen LogP contribution in [-0.2, 0) is 0 Å². The molecule has 0 saturated heterocycles. The molecule has 44 heavy (non-hydrogen) atoms. The summed E-state index contributed by atoms with van der Waals surface area (Å²) in [6, 6.07) is 61.6. The zero-order chi connectivity index (χ0) is 29.5. The lowest BCUT2D eigenvalue weighted by atomic mass is 9.93. The van der Waals surface area contributed by atoms with Crippen molar-refractivity contribution in [1.29, 1.82) is 0 Å². The van der Waals surface area contributed by atoms with Crippen LogP contribution in [0.1, 0.15) is 5.56 Å². The molecule has 0 amide bonds. The van der Waals surface area contributed by atoms with Gasteiger partial charge in [-0.1, -0.05) is 145 Å². The van der Waals surface area contributed by atoms with E-state index in [0.717, 1.165) is 5.69 Å². The summed E-state index contributed by atoms with van der Waals surface area (Å²) in [4.78, 5) is 0. The Labute approximate surface area is 258 Å². The third-order valence-electron chi connectivity index (χ3n) is 8.68. The van der Waals surface area contributed by atoms with E-state index in [9.17, 15) is 0 Å². The molecule has 0 fully saturated rings. The Bertz CT molecular complexity index is 2270. The zero-order valence-electron chi connectivity index (χ0n) is 24.6. The van der Waals surface area contributed by atoms with E-state index in [4.69, 9.17) is 0 Å². The maximum absolute atomic E-state index is 2.42. The number of nitrogens with zero attached hydrogens (tertiary/aromatic N) is 1. The van der Waals surface area contributed by atoms with Crippen LogP contribution in [0.25, 0.3) is 72.0 Å². The molecular formula is C43H31N. The highest BCUT2D eigenvalue weighted by atomic mass is 15.0. The fraction of sp³-hybridized carbons (Fsp3) is 0.0233. The molecule has 0 aliphatic rings. The topological polar surface area (TPSA) is 4.93 Å². The summed E-state index contributed by atoms with van der Waals surface area (Å²) in [5.74, 6) is 0. The van der Waals surface area contributed by atoms with E-state index in [1.165, 1.54) is 71.9 Å². The van der Waals surface area contributed by atoms with Crippen molar-refractivity contribution >= 4 is 21.8 Å². The lowest BCUT2D eigenvalue weighted by Gasteiger charge is -2.13. The second kappa shape index (κ2) is 10.9. The molecule has 0 radical (unpaired) electrons. The van der Waals surface area contributed by atoms with Crippen molar-refractivity contribution in [3.05, 3.63) is 175 Å². The summed E-state index contributed by atoms with van der Waals surface area (Å²) in [5, 5.41) is 2.52. The summed E-state index contributed by atoms with van der Waals surface area (Å²) in [6.07, 6.45) is 0. The first kappa shape index (κ1) is 26.0. The maximum Gasteiger partial charge on any atom is 0.0547 e. The number of aromatic nitrogens is 1. The van der Waals surface area contributed by atoms with E-state index in [1.807, 2.05) is 0 Å². The van der Waals surface area contributed by atoms with Crippen molar-refractivity contribution in [3.63, 3.8) is 0 Å². The quantitative estimate of drug-likeness (QED) is 0.197. The Morgan fingerprint density at radius 1 is 0.341 bits per heavy atom. The highest BCUT2D eigenvalue weighted by Crippen LogP contribution is 2.38. The van der Waals surface area contributed by atoms with E-state index in [0.29, 0.717) is 0 Å². The number of hydrogen-bond acceptors (Lipinski definition) is 0. The third-order valence-corrected chi connectivity index (χ3v) is 8.68. The van der Waals surface area contributed by atoms with Gasteiger partial charge in [0.2, 0.25) is 0 Å². The Kier molecular flexibility index (Phi) is 6.43. The largest absolute Gasteiger partial charge is 0.309 e. The molecule has 8 rings (SSSR count). The summed E-state index contributed by atoms with van der Waals surface area (Å²) < 4.78 is 2.42. The first-order valence-corrected chi connectivity index (χ1v) is 15.2. The molecule has 1 heterocycles. The number of rotatable bonds is 5. The second-order valence-corrected chi connectivity index (χ2v) is 11.5. The normalized spacial score (nSPS) is 11.3. The smallest absolute Gasteiger partial charge is 0.0547 e. The van der Waals surface area contributed by atoms with Gasteiger partial charge < -0.3 is 4.57 Å². The molecule has 0 atom stereocenters. The molecule has 0 bridgehead atoms. The first-order chi connectivity index (χ1) is 21.7. The summed E-state index contributed by atoms with van der Waals surface area (Å²) in [5.41, 5.74) is 14.6. The van der Waals surface area contributed by atoms with Gasteiger partial charge in [-0.3, -0.25) is 0 Å². The molecule has 1 aromatic heterocycles. The van der Waals surface area contributed by atoms with Gasteiger partial charge in [0.1, 0.15) is 0 Å². The van der Waals surface area contributed by atoms with Crippen molar-refractivity contribution in [1.82, 2.24) is 4.57 Å². The van der Waals surface area contributed by atoms with Gasteiger partial charge in [0, 0.05) is 16.5 Å². The lowest BCUT2D eigenvalue weighted by molar-refractivity contribution is 1.18. The van der Waals surface area contributed by atoms with Gasteiger partial charge in [0.25, 0.3) is 0 Å². The summed E-state index contributed by atoms with van der Waals surface area (Å²) >= 11 is 0.